The van der Waals surface area contributed by atoms with E-state index in [9.17, 15) is 8.78 Å². The molecule has 8 heteroatoms. The topological polar surface area (TPSA) is 74.6 Å². The maximum absolute atomic E-state index is 10.3. The summed E-state index contributed by atoms with van der Waals surface area (Å²) in [6.07, 6.45) is -2.17. The van der Waals surface area contributed by atoms with E-state index in [1.165, 1.54) is 0 Å². The van der Waals surface area contributed by atoms with Crippen molar-refractivity contribution >= 4 is 10.4 Å². The second kappa shape index (κ2) is 7.83. The van der Waals surface area contributed by atoms with Gasteiger partial charge in [0.2, 0.25) is 6.43 Å². The fourth-order valence-corrected chi connectivity index (χ4v) is 0. The number of rotatable bonds is 0. The summed E-state index contributed by atoms with van der Waals surface area (Å²) in [7, 11) is -4.67. The summed E-state index contributed by atoms with van der Waals surface area (Å²) in [5.41, 5.74) is 0. The standard InChI is InChI=1S/C2H4F2.Na.H2O4S.H/c1-2(3)4;;1-5(2,3)4;/h2H,1H3;;(H2,1,2,3,4);/q;+1;;-1. The summed E-state index contributed by atoms with van der Waals surface area (Å²) >= 11 is 0. The van der Waals surface area contributed by atoms with Gasteiger partial charge in [-0.1, -0.05) is 0 Å². The molecule has 0 saturated carbocycles. The van der Waals surface area contributed by atoms with E-state index in [0.717, 1.165) is 6.92 Å². The fourth-order valence-electron chi connectivity index (χ4n) is 0. The van der Waals surface area contributed by atoms with Gasteiger partial charge in [0.1, 0.15) is 0 Å². The number of hydrogen-bond acceptors (Lipinski definition) is 2. The fraction of sp³-hybridized carbons (Fsp3) is 1.00. The molecule has 0 aliphatic heterocycles. The van der Waals surface area contributed by atoms with Crippen LogP contribution in [0.15, 0.2) is 0 Å². The van der Waals surface area contributed by atoms with Crippen LogP contribution >= 0.6 is 0 Å². The van der Waals surface area contributed by atoms with Crippen LogP contribution in [0.25, 0.3) is 0 Å². The Morgan fingerprint density at radius 1 is 1.40 bits per heavy atom. The predicted octanol–water partition coefficient (Wildman–Crippen LogP) is -2.26. The van der Waals surface area contributed by atoms with E-state index in [-0.39, 0.29) is 31.0 Å². The SMILES string of the molecule is CC(F)F.O=S(=O)(O)O.[H-].[Na+]. The Kier molecular flexibility index (Phi) is 13.3. The van der Waals surface area contributed by atoms with E-state index in [1.54, 1.807) is 0 Å². The zero-order valence-electron chi connectivity index (χ0n) is 6.45. The minimum absolute atomic E-state index is 0. The van der Waals surface area contributed by atoms with Crippen LogP contribution in [0, 0.1) is 0 Å². The average molecular weight is 188 g/mol. The molecule has 2 N–H and O–H groups in total. The van der Waals surface area contributed by atoms with Gasteiger partial charge in [0, 0.05) is 0 Å². The summed E-state index contributed by atoms with van der Waals surface area (Å²) in [5, 5.41) is 0. The molecule has 0 aromatic heterocycles. The van der Waals surface area contributed by atoms with Gasteiger partial charge in [-0.2, -0.15) is 8.42 Å². The number of halogens is 2. The Morgan fingerprint density at radius 3 is 1.40 bits per heavy atom. The van der Waals surface area contributed by atoms with Gasteiger partial charge in [-0.05, 0) is 6.92 Å². The van der Waals surface area contributed by atoms with Gasteiger partial charge >= 0.3 is 40.0 Å². The molecule has 0 bridgehead atoms. The molecule has 0 radical (unpaired) electrons. The Morgan fingerprint density at radius 2 is 1.40 bits per heavy atom. The zero-order chi connectivity index (χ0) is 8.08. The number of hydrogen-bond donors (Lipinski definition) is 2. The maximum atomic E-state index is 10.3. The molecule has 0 aliphatic carbocycles. The van der Waals surface area contributed by atoms with Gasteiger partial charge in [-0.15, -0.1) is 0 Å². The Hall–Kier alpha value is 0.730. The Balaban J connectivity index is -0.0000000383. The van der Waals surface area contributed by atoms with Crippen molar-refractivity contribution in [3.05, 3.63) is 0 Å². The molecule has 0 atom stereocenters. The molecule has 0 rings (SSSR count). The van der Waals surface area contributed by atoms with Gasteiger partial charge in [0.25, 0.3) is 0 Å². The van der Waals surface area contributed by atoms with Crippen molar-refractivity contribution in [2.75, 3.05) is 0 Å². The van der Waals surface area contributed by atoms with Crippen LogP contribution < -0.4 is 29.6 Å². The van der Waals surface area contributed by atoms with E-state index in [1.807, 2.05) is 0 Å². The van der Waals surface area contributed by atoms with E-state index in [4.69, 9.17) is 17.5 Å². The largest absolute Gasteiger partial charge is 1.00 e. The molecule has 0 aromatic carbocycles. The molecular weight excluding hydrogens is 181 g/mol. The molecule has 0 amide bonds. The molecule has 0 aliphatic rings. The van der Waals surface area contributed by atoms with E-state index in [2.05, 4.69) is 0 Å². The Labute approximate surface area is 81.0 Å². The molecule has 10 heavy (non-hydrogen) atoms. The van der Waals surface area contributed by atoms with Gasteiger partial charge in [0.05, 0.1) is 0 Å². The summed E-state index contributed by atoms with van der Waals surface area (Å²) in [5.74, 6) is 0. The zero-order valence-corrected chi connectivity index (χ0v) is 8.27. The predicted molar refractivity (Wildman–Crippen MR) is 27.0 cm³/mol. The summed E-state index contributed by atoms with van der Waals surface area (Å²) in [6, 6.07) is 0. The smallest absolute Gasteiger partial charge is 1.00 e. The van der Waals surface area contributed by atoms with Gasteiger partial charge < -0.3 is 1.43 Å². The van der Waals surface area contributed by atoms with Crippen LogP contribution in [0.4, 0.5) is 8.78 Å². The molecule has 0 unspecified atom stereocenters. The van der Waals surface area contributed by atoms with Gasteiger partial charge in [0.15, 0.2) is 0 Å². The van der Waals surface area contributed by atoms with Crippen molar-refractivity contribution in [2.24, 2.45) is 0 Å². The van der Waals surface area contributed by atoms with Crippen LogP contribution in [0.2, 0.25) is 0 Å². The minimum atomic E-state index is -4.67. The molecule has 0 aromatic rings. The molecule has 0 fully saturated rings. The second-order valence-electron chi connectivity index (χ2n) is 0.967. The van der Waals surface area contributed by atoms with Crippen LogP contribution in [0.3, 0.4) is 0 Å². The van der Waals surface area contributed by atoms with Crippen LogP contribution in [0.1, 0.15) is 8.35 Å². The molecular formula is C2H7F2NaO4S. The van der Waals surface area contributed by atoms with Crippen molar-refractivity contribution < 1.29 is 57.3 Å². The summed E-state index contributed by atoms with van der Waals surface area (Å²) < 4.78 is 52.2. The molecule has 0 spiro atoms. The summed E-state index contributed by atoms with van der Waals surface area (Å²) in [4.78, 5) is 0. The molecule has 0 heterocycles. The van der Waals surface area contributed by atoms with Crippen molar-refractivity contribution in [3.8, 4) is 0 Å². The maximum Gasteiger partial charge on any atom is 1.00 e. The quantitative estimate of drug-likeness (QED) is 0.332. The molecule has 4 nitrogen and oxygen atoms in total. The van der Waals surface area contributed by atoms with Gasteiger partial charge in [-0.25, -0.2) is 8.78 Å². The normalized spacial score (nSPS) is 9.40. The van der Waals surface area contributed by atoms with Crippen LogP contribution in [-0.2, 0) is 10.4 Å². The first-order valence-electron chi connectivity index (χ1n) is 1.71. The summed E-state index contributed by atoms with van der Waals surface area (Å²) in [6.45, 7) is 0.833. The monoisotopic (exact) mass is 188 g/mol. The third-order valence-corrected chi connectivity index (χ3v) is 0. The number of alkyl halides is 2. The third kappa shape index (κ3) is 979. The second-order valence-corrected chi connectivity index (χ2v) is 1.86. The molecule has 60 valence electrons. The first-order valence-corrected chi connectivity index (χ1v) is 3.11. The third-order valence-electron chi connectivity index (χ3n) is 0. The van der Waals surface area contributed by atoms with Crippen molar-refractivity contribution in [1.82, 2.24) is 0 Å². The average Bonchev–Trinajstić information content (AvgIpc) is 1.19. The van der Waals surface area contributed by atoms with Crippen molar-refractivity contribution in [2.45, 2.75) is 13.3 Å². The van der Waals surface area contributed by atoms with Gasteiger partial charge in [-0.3, -0.25) is 9.11 Å². The van der Waals surface area contributed by atoms with E-state index >= 15 is 0 Å². The van der Waals surface area contributed by atoms with E-state index < -0.39 is 16.8 Å². The van der Waals surface area contributed by atoms with Crippen LogP contribution in [-0.4, -0.2) is 23.9 Å². The van der Waals surface area contributed by atoms with Crippen molar-refractivity contribution in [1.29, 1.82) is 0 Å². The van der Waals surface area contributed by atoms with Crippen LogP contribution in [0.5, 0.6) is 0 Å². The first kappa shape index (κ1) is 17.0. The Bertz CT molecular complexity index is 137. The van der Waals surface area contributed by atoms with Crippen molar-refractivity contribution in [3.63, 3.8) is 0 Å². The van der Waals surface area contributed by atoms with E-state index in [0.29, 0.717) is 0 Å². The minimum Gasteiger partial charge on any atom is -1.00 e. The molecule has 0 saturated heterocycles. The first-order chi connectivity index (χ1) is 3.73.